The lowest BCUT2D eigenvalue weighted by Gasteiger charge is -2.50. The van der Waals surface area contributed by atoms with Gasteiger partial charge in [-0.05, 0) is 106 Å². The first kappa shape index (κ1) is 21.7. The Morgan fingerprint density at radius 1 is 1.23 bits per heavy atom. The third-order valence-electron chi connectivity index (χ3n) is 6.00. The summed E-state index contributed by atoms with van der Waals surface area (Å²) in [5.74, 6) is 0.383. The molecule has 1 N–H and O–H groups in total. The van der Waals surface area contributed by atoms with Crippen molar-refractivity contribution in [2.45, 2.75) is 65.5 Å². The summed E-state index contributed by atoms with van der Waals surface area (Å²) in [4.78, 5) is 20.3. The number of carbonyl (C=O) groups is 1. The molecule has 2 aliphatic heterocycles. The van der Waals surface area contributed by atoms with E-state index in [2.05, 4.69) is 68.0 Å². The molecule has 2 heterocycles. The van der Waals surface area contributed by atoms with E-state index >= 15 is 0 Å². The number of hydrogen-bond acceptors (Lipinski definition) is 4. The Bertz CT molecular complexity index is 1080. The highest BCUT2D eigenvalue weighted by atomic mass is 32.2. The molecule has 4 rings (SSSR count). The van der Waals surface area contributed by atoms with Crippen molar-refractivity contribution in [2.75, 3.05) is 4.90 Å². The van der Waals surface area contributed by atoms with Gasteiger partial charge in [-0.1, -0.05) is 25.1 Å². The van der Waals surface area contributed by atoms with Crippen molar-refractivity contribution in [3.8, 4) is 0 Å². The molecular weight excluding hydrogens is 402 g/mol. The van der Waals surface area contributed by atoms with Crippen molar-refractivity contribution in [1.82, 2.24) is 5.32 Å². The van der Waals surface area contributed by atoms with Crippen LogP contribution in [0.5, 0.6) is 0 Å². The minimum absolute atomic E-state index is 0.0906. The molecule has 1 fully saturated rings. The lowest BCUT2D eigenvalue weighted by Crippen LogP contribution is -2.51. The maximum Gasteiger partial charge on any atom is 0.264 e. The maximum absolute atomic E-state index is 12.5. The molecule has 0 bridgehead atoms. The highest BCUT2D eigenvalue weighted by Gasteiger charge is 2.37. The summed E-state index contributed by atoms with van der Waals surface area (Å²) in [5, 5.41) is 3.52. The van der Waals surface area contributed by atoms with Crippen LogP contribution in [0.4, 0.5) is 11.4 Å². The molecular formula is C26H31N3OS. The first-order valence-corrected chi connectivity index (χ1v) is 11.8. The Morgan fingerprint density at radius 3 is 2.71 bits per heavy atom. The number of anilines is 1. The Morgan fingerprint density at radius 2 is 2.00 bits per heavy atom. The third kappa shape index (κ3) is 4.42. The molecule has 1 atom stereocenters. The third-order valence-corrected chi connectivity index (χ3v) is 6.91. The van der Waals surface area contributed by atoms with Gasteiger partial charge >= 0.3 is 0 Å². The number of benzene rings is 2. The molecule has 0 saturated carbocycles. The number of thioether (sulfide) groups is 1. The molecule has 0 aromatic heterocycles. The lowest BCUT2D eigenvalue weighted by atomic mass is 9.79. The van der Waals surface area contributed by atoms with Gasteiger partial charge in [-0.25, -0.2) is 4.99 Å². The van der Waals surface area contributed by atoms with Crippen LogP contribution in [-0.4, -0.2) is 22.7 Å². The van der Waals surface area contributed by atoms with Gasteiger partial charge < -0.3 is 10.2 Å². The van der Waals surface area contributed by atoms with Crippen LogP contribution in [0.1, 0.15) is 63.6 Å². The Balaban J connectivity index is 1.63. The van der Waals surface area contributed by atoms with Gasteiger partial charge in [0.05, 0.1) is 10.6 Å². The number of amides is 1. The molecule has 2 aromatic rings. The van der Waals surface area contributed by atoms with Crippen LogP contribution in [0.2, 0.25) is 0 Å². The van der Waals surface area contributed by atoms with Crippen molar-refractivity contribution in [3.63, 3.8) is 0 Å². The predicted molar refractivity (Wildman–Crippen MR) is 133 cm³/mol. The molecule has 0 unspecified atom stereocenters. The molecule has 2 aromatic carbocycles. The van der Waals surface area contributed by atoms with E-state index in [1.165, 1.54) is 23.0 Å². The summed E-state index contributed by atoms with van der Waals surface area (Å²) in [7, 11) is 0. The summed E-state index contributed by atoms with van der Waals surface area (Å²) >= 11 is 1.40. The molecule has 1 amide bonds. The number of fused-ring (bicyclic) bond motifs is 1. The normalized spacial score (nSPS) is 22.9. The van der Waals surface area contributed by atoms with Crippen molar-refractivity contribution in [3.05, 3.63) is 64.1 Å². The Hall–Kier alpha value is -2.53. The summed E-state index contributed by atoms with van der Waals surface area (Å²) in [6.07, 6.45) is 3.09. The van der Waals surface area contributed by atoms with E-state index in [0.29, 0.717) is 22.0 Å². The number of hydrogen-bond donors (Lipinski definition) is 1. The molecule has 2 aliphatic rings. The summed E-state index contributed by atoms with van der Waals surface area (Å²) < 4.78 is 0. The zero-order valence-corrected chi connectivity index (χ0v) is 20.0. The number of carbonyl (C=O) groups excluding carboxylic acids is 1. The molecule has 31 heavy (non-hydrogen) atoms. The van der Waals surface area contributed by atoms with E-state index in [-0.39, 0.29) is 11.4 Å². The quantitative estimate of drug-likeness (QED) is 0.571. The molecule has 4 nitrogen and oxygen atoms in total. The first-order chi connectivity index (χ1) is 14.6. The van der Waals surface area contributed by atoms with Crippen LogP contribution in [-0.2, 0) is 4.79 Å². The number of nitrogens with zero attached hydrogens (tertiary/aromatic N) is 2. The van der Waals surface area contributed by atoms with Gasteiger partial charge in [0.2, 0.25) is 0 Å². The topological polar surface area (TPSA) is 44.7 Å². The Kier molecular flexibility index (Phi) is 5.73. The fourth-order valence-electron chi connectivity index (χ4n) is 4.98. The van der Waals surface area contributed by atoms with Gasteiger partial charge in [0.15, 0.2) is 5.17 Å². The van der Waals surface area contributed by atoms with Crippen LogP contribution in [0, 0.1) is 6.92 Å². The number of nitrogens with one attached hydrogen (secondary N) is 1. The molecule has 5 heteroatoms. The fourth-order valence-corrected chi connectivity index (χ4v) is 5.83. The molecule has 0 aliphatic carbocycles. The van der Waals surface area contributed by atoms with E-state index in [9.17, 15) is 4.79 Å². The van der Waals surface area contributed by atoms with Crippen LogP contribution >= 0.6 is 11.8 Å². The number of amidine groups is 1. The zero-order chi connectivity index (χ0) is 22.3. The first-order valence-electron chi connectivity index (χ1n) is 10.9. The van der Waals surface area contributed by atoms with E-state index in [0.717, 1.165) is 23.2 Å². The number of aryl methyl sites for hydroxylation is 1. The van der Waals surface area contributed by atoms with Crippen LogP contribution in [0.25, 0.3) is 6.08 Å². The zero-order valence-electron chi connectivity index (χ0n) is 19.2. The van der Waals surface area contributed by atoms with Crippen molar-refractivity contribution < 1.29 is 4.79 Å². The predicted octanol–water partition coefficient (Wildman–Crippen LogP) is 6.39. The highest BCUT2D eigenvalue weighted by Crippen LogP contribution is 2.45. The average molecular weight is 434 g/mol. The largest absolute Gasteiger partial charge is 0.364 e. The number of aliphatic imine (C=N–C) groups is 1. The minimum atomic E-state index is -0.0906. The second-order valence-corrected chi connectivity index (χ2v) is 10.6. The smallest absolute Gasteiger partial charge is 0.264 e. The Labute approximate surface area is 189 Å². The van der Waals surface area contributed by atoms with E-state index in [4.69, 9.17) is 0 Å². The van der Waals surface area contributed by atoms with Crippen molar-refractivity contribution >= 4 is 40.3 Å². The summed E-state index contributed by atoms with van der Waals surface area (Å²) in [6.45, 7) is 13.5. The standard InChI is InChI=1S/C26H31N3OS/c1-16(2)29-22-11-10-19(13-21(22)18(4)15-26(29,5)6)14-23-24(30)28-25(31-23)27-20-9-7-8-17(3)12-20/h7-14,16,18H,15H2,1-6H3,(H,27,28,30)/b23-14-/t18-/m1/s1. The van der Waals surface area contributed by atoms with Crippen LogP contribution in [0.3, 0.4) is 0 Å². The monoisotopic (exact) mass is 433 g/mol. The van der Waals surface area contributed by atoms with E-state index in [1.807, 2.05) is 37.3 Å². The molecule has 1 saturated heterocycles. The van der Waals surface area contributed by atoms with Crippen LogP contribution < -0.4 is 10.2 Å². The summed E-state index contributed by atoms with van der Waals surface area (Å²) in [5.41, 5.74) is 5.86. The van der Waals surface area contributed by atoms with Crippen molar-refractivity contribution in [1.29, 1.82) is 0 Å². The van der Waals surface area contributed by atoms with Gasteiger partial charge in [-0.3, -0.25) is 4.79 Å². The van der Waals surface area contributed by atoms with Gasteiger partial charge in [0.1, 0.15) is 0 Å². The molecule has 162 valence electrons. The molecule has 0 spiro atoms. The average Bonchev–Trinajstić information content (AvgIpc) is 3.00. The fraction of sp³-hybridized carbons (Fsp3) is 0.385. The molecule has 0 radical (unpaired) electrons. The van der Waals surface area contributed by atoms with Crippen molar-refractivity contribution in [2.24, 2.45) is 4.99 Å². The highest BCUT2D eigenvalue weighted by molar-refractivity contribution is 8.18. The van der Waals surface area contributed by atoms with Crippen LogP contribution in [0.15, 0.2) is 52.4 Å². The number of rotatable bonds is 3. The van der Waals surface area contributed by atoms with Gasteiger partial charge in [0, 0.05) is 17.3 Å². The van der Waals surface area contributed by atoms with Gasteiger partial charge in [-0.2, -0.15) is 0 Å². The van der Waals surface area contributed by atoms with Gasteiger partial charge in [-0.15, -0.1) is 0 Å². The van der Waals surface area contributed by atoms with E-state index in [1.54, 1.807) is 0 Å². The minimum Gasteiger partial charge on any atom is -0.364 e. The van der Waals surface area contributed by atoms with E-state index < -0.39 is 0 Å². The van der Waals surface area contributed by atoms with Gasteiger partial charge in [0.25, 0.3) is 5.91 Å². The summed E-state index contributed by atoms with van der Waals surface area (Å²) in [6, 6.07) is 15.0. The second kappa shape index (κ2) is 8.19. The second-order valence-electron chi connectivity index (χ2n) is 9.52. The lowest BCUT2D eigenvalue weighted by molar-refractivity contribution is -0.115. The SMILES string of the molecule is Cc1cccc(N=C2NC(=O)/C(=C/c3ccc4c(c3)[C@H](C)CC(C)(C)N4C(C)C)S2)c1. The maximum atomic E-state index is 12.5.